The molecule has 1 fully saturated rings. The average Bonchev–Trinajstić information content (AvgIpc) is 2.59. The molecular weight excluding hydrogens is 360 g/mol. The standard InChI is InChI=1S/C18H28N2O3S.ClH/c1-14-4-5-15(17(10-14)23-8-3-7-22-2)12-20-18(21)11-16-13-24-9-6-19-16;/h4-5,10,16,19H,3,6-9,11-13H2,1-2H3,(H,20,21);1H. The van der Waals surface area contributed by atoms with Crippen molar-refractivity contribution in [3.05, 3.63) is 29.3 Å². The molecule has 0 bridgehead atoms. The van der Waals surface area contributed by atoms with Gasteiger partial charge in [-0.1, -0.05) is 12.1 Å². The first kappa shape index (κ1) is 22.1. The van der Waals surface area contributed by atoms with Crippen LogP contribution >= 0.6 is 24.2 Å². The summed E-state index contributed by atoms with van der Waals surface area (Å²) in [5, 5.41) is 6.40. The molecule has 1 unspecified atom stereocenters. The molecule has 1 saturated heterocycles. The quantitative estimate of drug-likeness (QED) is 0.636. The molecule has 2 N–H and O–H groups in total. The van der Waals surface area contributed by atoms with Gasteiger partial charge in [-0.15, -0.1) is 12.4 Å². The lowest BCUT2D eigenvalue weighted by Crippen LogP contribution is -2.41. The normalized spacial score (nSPS) is 16.8. The highest BCUT2D eigenvalue weighted by molar-refractivity contribution is 7.99. The molecule has 1 aliphatic rings. The summed E-state index contributed by atoms with van der Waals surface area (Å²) in [6.45, 7) is 4.82. The minimum absolute atomic E-state index is 0. The van der Waals surface area contributed by atoms with Crippen LogP contribution in [-0.4, -0.2) is 50.3 Å². The van der Waals surface area contributed by atoms with Crippen LogP contribution in [0.1, 0.15) is 24.0 Å². The third-order valence-corrected chi connectivity index (χ3v) is 5.01. The Bertz CT molecular complexity index is 525. The fourth-order valence-corrected chi connectivity index (χ4v) is 3.52. The Labute approximate surface area is 161 Å². The second-order valence-electron chi connectivity index (χ2n) is 6.01. The molecule has 25 heavy (non-hydrogen) atoms. The van der Waals surface area contributed by atoms with E-state index >= 15 is 0 Å². The van der Waals surface area contributed by atoms with Crippen LogP contribution in [-0.2, 0) is 16.1 Å². The van der Waals surface area contributed by atoms with Gasteiger partial charge in [0.25, 0.3) is 0 Å². The molecule has 1 amide bonds. The molecule has 142 valence electrons. The Morgan fingerprint density at radius 3 is 2.96 bits per heavy atom. The summed E-state index contributed by atoms with van der Waals surface area (Å²) in [7, 11) is 1.69. The summed E-state index contributed by atoms with van der Waals surface area (Å²) in [6.07, 6.45) is 1.38. The predicted molar refractivity (Wildman–Crippen MR) is 106 cm³/mol. The van der Waals surface area contributed by atoms with Gasteiger partial charge in [0.05, 0.1) is 6.61 Å². The fraction of sp³-hybridized carbons (Fsp3) is 0.611. The SMILES string of the molecule is COCCCOc1cc(C)ccc1CNC(=O)CC1CSCCN1.Cl. The Morgan fingerprint density at radius 1 is 1.40 bits per heavy atom. The molecule has 1 atom stereocenters. The molecule has 2 rings (SSSR count). The first-order valence-corrected chi connectivity index (χ1v) is 9.63. The maximum atomic E-state index is 12.1. The van der Waals surface area contributed by atoms with E-state index in [-0.39, 0.29) is 24.4 Å². The first-order chi connectivity index (χ1) is 11.7. The highest BCUT2D eigenvalue weighted by Gasteiger charge is 2.16. The second kappa shape index (κ2) is 12.4. The van der Waals surface area contributed by atoms with E-state index in [2.05, 4.69) is 10.6 Å². The number of ether oxygens (including phenoxy) is 2. The molecule has 5 nitrogen and oxygen atoms in total. The summed E-state index contributed by atoms with van der Waals surface area (Å²) in [5.74, 6) is 3.07. The van der Waals surface area contributed by atoms with Crippen molar-refractivity contribution in [1.82, 2.24) is 10.6 Å². The van der Waals surface area contributed by atoms with Gasteiger partial charge < -0.3 is 20.1 Å². The predicted octanol–water partition coefficient (Wildman–Crippen LogP) is 2.54. The van der Waals surface area contributed by atoms with Crippen molar-refractivity contribution >= 4 is 30.1 Å². The number of rotatable bonds is 9. The van der Waals surface area contributed by atoms with E-state index in [1.54, 1.807) is 7.11 Å². The summed E-state index contributed by atoms with van der Waals surface area (Å²) in [6, 6.07) is 6.37. The minimum Gasteiger partial charge on any atom is -0.493 e. The second-order valence-corrected chi connectivity index (χ2v) is 7.16. The van der Waals surface area contributed by atoms with Crippen molar-refractivity contribution in [2.75, 3.05) is 38.4 Å². The monoisotopic (exact) mass is 388 g/mol. The molecule has 0 spiro atoms. The van der Waals surface area contributed by atoms with Gasteiger partial charge in [0.15, 0.2) is 0 Å². The van der Waals surface area contributed by atoms with Crippen LogP contribution < -0.4 is 15.4 Å². The van der Waals surface area contributed by atoms with Crippen molar-refractivity contribution < 1.29 is 14.3 Å². The Balaban J connectivity index is 0.00000312. The smallest absolute Gasteiger partial charge is 0.221 e. The number of thioether (sulfide) groups is 1. The van der Waals surface area contributed by atoms with Crippen LogP contribution in [0.4, 0.5) is 0 Å². The highest BCUT2D eigenvalue weighted by Crippen LogP contribution is 2.20. The summed E-state index contributed by atoms with van der Waals surface area (Å²) >= 11 is 1.90. The molecule has 7 heteroatoms. The lowest BCUT2D eigenvalue weighted by Gasteiger charge is -2.22. The van der Waals surface area contributed by atoms with Crippen LogP contribution in [0.5, 0.6) is 5.75 Å². The Kier molecular flexibility index (Phi) is 11.0. The zero-order valence-electron chi connectivity index (χ0n) is 15.0. The largest absolute Gasteiger partial charge is 0.493 e. The van der Waals surface area contributed by atoms with Crippen molar-refractivity contribution in [3.8, 4) is 5.75 Å². The molecule has 1 heterocycles. The zero-order valence-corrected chi connectivity index (χ0v) is 16.6. The summed E-state index contributed by atoms with van der Waals surface area (Å²) in [4.78, 5) is 12.1. The molecule has 1 aliphatic heterocycles. The third kappa shape index (κ3) is 8.31. The number of carbonyl (C=O) groups is 1. The van der Waals surface area contributed by atoms with E-state index in [1.807, 2.05) is 36.9 Å². The number of carbonyl (C=O) groups excluding carboxylic acids is 1. The molecular formula is C18H29ClN2O3S. The van der Waals surface area contributed by atoms with Gasteiger partial charge in [-0.3, -0.25) is 4.79 Å². The molecule has 0 radical (unpaired) electrons. The lowest BCUT2D eigenvalue weighted by atomic mass is 10.1. The Morgan fingerprint density at radius 2 is 2.24 bits per heavy atom. The van der Waals surface area contributed by atoms with Crippen molar-refractivity contribution in [2.24, 2.45) is 0 Å². The maximum Gasteiger partial charge on any atom is 0.221 e. The maximum absolute atomic E-state index is 12.1. The number of benzene rings is 1. The summed E-state index contributed by atoms with van der Waals surface area (Å²) < 4.78 is 10.9. The van der Waals surface area contributed by atoms with Gasteiger partial charge in [-0.05, 0) is 18.6 Å². The van der Waals surface area contributed by atoms with Gasteiger partial charge in [0.2, 0.25) is 5.91 Å². The van der Waals surface area contributed by atoms with Crippen molar-refractivity contribution in [3.63, 3.8) is 0 Å². The van der Waals surface area contributed by atoms with Gasteiger partial charge in [-0.25, -0.2) is 0 Å². The van der Waals surface area contributed by atoms with Crippen LogP contribution in [0.15, 0.2) is 18.2 Å². The van der Waals surface area contributed by atoms with E-state index in [9.17, 15) is 4.79 Å². The van der Waals surface area contributed by atoms with E-state index in [0.717, 1.165) is 41.3 Å². The topological polar surface area (TPSA) is 59.6 Å². The number of amides is 1. The van der Waals surface area contributed by atoms with Crippen LogP contribution in [0.25, 0.3) is 0 Å². The fourth-order valence-electron chi connectivity index (χ4n) is 2.57. The molecule has 0 saturated carbocycles. The molecule has 1 aromatic rings. The molecule has 0 aromatic heterocycles. The average molecular weight is 389 g/mol. The molecule has 1 aromatic carbocycles. The van der Waals surface area contributed by atoms with Crippen LogP contribution in [0.3, 0.4) is 0 Å². The van der Waals surface area contributed by atoms with E-state index < -0.39 is 0 Å². The minimum atomic E-state index is 0. The van der Waals surface area contributed by atoms with Gasteiger partial charge in [-0.2, -0.15) is 11.8 Å². The van der Waals surface area contributed by atoms with Gasteiger partial charge in [0.1, 0.15) is 5.75 Å². The number of methoxy groups -OCH3 is 1. The van der Waals surface area contributed by atoms with E-state index in [4.69, 9.17) is 9.47 Å². The third-order valence-electron chi connectivity index (χ3n) is 3.88. The number of hydrogen-bond donors (Lipinski definition) is 2. The van der Waals surface area contributed by atoms with Gasteiger partial charge in [0, 0.05) is 62.8 Å². The van der Waals surface area contributed by atoms with Crippen molar-refractivity contribution in [2.45, 2.75) is 32.4 Å². The van der Waals surface area contributed by atoms with E-state index in [1.165, 1.54) is 0 Å². The zero-order chi connectivity index (χ0) is 17.2. The highest BCUT2D eigenvalue weighted by atomic mass is 35.5. The first-order valence-electron chi connectivity index (χ1n) is 8.48. The van der Waals surface area contributed by atoms with Crippen LogP contribution in [0, 0.1) is 6.92 Å². The van der Waals surface area contributed by atoms with E-state index in [0.29, 0.717) is 26.2 Å². The van der Waals surface area contributed by atoms with Gasteiger partial charge >= 0.3 is 0 Å². The molecule has 0 aliphatic carbocycles. The van der Waals surface area contributed by atoms with Crippen molar-refractivity contribution in [1.29, 1.82) is 0 Å². The Hall–Kier alpha value is -0.950. The number of halogens is 1. The number of hydrogen-bond acceptors (Lipinski definition) is 5. The van der Waals surface area contributed by atoms with Crippen LogP contribution in [0.2, 0.25) is 0 Å². The number of aryl methyl sites for hydroxylation is 1. The number of nitrogens with one attached hydrogen (secondary N) is 2. The lowest BCUT2D eigenvalue weighted by molar-refractivity contribution is -0.121. The summed E-state index contributed by atoms with van der Waals surface area (Å²) in [5.41, 5.74) is 2.16.